The van der Waals surface area contributed by atoms with Gasteiger partial charge in [-0.3, -0.25) is 4.79 Å². The van der Waals surface area contributed by atoms with E-state index in [9.17, 15) is 22.4 Å². The van der Waals surface area contributed by atoms with Crippen molar-refractivity contribution < 1.29 is 27.1 Å². The van der Waals surface area contributed by atoms with Gasteiger partial charge >= 0.3 is 6.18 Å². The Bertz CT molecular complexity index is 820. The summed E-state index contributed by atoms with van der Waals surface area (Å²) in [6.45, 7) is 0. The Morgan fingerprint density at radius 2 is 1.81 bits per heavy atom. The van der Waals surface area contributed by atoms with E-state index >= 15 is 0 Å². The van der Waals surface area contributed by atoms with Crippen LogP contribution in [-0.2, 0) is 17.4 Å². The first kappa shape index (κ1) is 21.3. The average Bonchev–Trinajstić information content (AvgIpc) is 2.52. The van der Waals surface area contributed by atoms with Gasteiger partial charge in [0.1, 0.15) is 5.75 Å². The van der Waals surface area contributed by atoms with Crippen molar-refractivity contribution in [3.8, 4) is 11.5 Å². The topological polar surface area (TPSA) is 26.3 Å². The smallest absolute Gasteiger partial charge is 0.416 e. The lowest BCUT2D eigenvalue weighted by atomic mass is 10.1. The van der Waals surface area contributed by atoms with E-state index in [-0.39, 0.29) is 12.2 Å². The van der Waals surface area contributed by atoms with Crippen molar-refractivity contribution in [2.24, 2.45) is 0 Å². The summed E-state index contributed by atoms with van der Waals surface area (Å²) in [6.07, 6.45) is -4.61. The lowest BCUT2D eigenvalue weighted by molar-refractivity contribution is -0.137. The molecule has 0 amide bonds. The highest BCUT2D eigenvalue weighted by atomic mass is 79.9. The average molecular weight is 494 g/mol. The van der Waals surface area contributed by atoms with E-state index in [1.54, 1.807) is 0 Å². The number of benzene rings is 2. The SMILES string of the molecule is O=C(Cl)C(Br)Cc1cc(Oc2c(F)cc(C(F)(F)F)cc2Cl)ccc1Cl. The molecule has 26 heavy (non-hydrogen) atoms. The van der Waals surface area contributed by atoms with E-state index in [1.165, 1.54) is 18.2 Å². The largest absolute Gasteiger partial charge is 0.453 e. The monoisotopic (exact) mass is 492 g/mol. The van der Waals surface area contributed by atoms with E-state index in [0.717, 1.165) is 0 Å². The summed E-state index contributed by atoms with van der Waals surface area (Å²) >= 11 is 20.2. The summed E-state index contributed by atoms with van der Waals surface area (Å²) in [5.74, 6) is -1.75. The number of carbonyl (C=O) groups excluding carboxylic acids is 1. The molecule has 0 saturated carbocycles. The molecule has 0 radical (unpaired) electrons. The van der Waals surface area contributed by atoms with Crippen LogP contribution >= 0.6 is 50.7 Å². The van der Waals surface area contributed by atoms with Crippen LogP contribution in [0.4, 0.5) is 17.6 Å². The number of carbonyl (C=O) groups is 1. The van der Waals surface area contributed by atoms with E-state index in [1.807, 2.05) is 0 Å². The second-order valence-electron chi connectivity index (χ2n) is 5.10. The molecule has 0 aliphatic heterocycles. The third-order valence-electron chi connectivity index (χ3n) is 3.21. The molecular weight excluding hydrogens is 486 g/mol. The molecule has 140 valence electrons. The van der Waals surface area contributed by atoms with Crippen molar-refractivity contribution in [1.29, 1.82) is 0 Å². The molecule has 0 aliphatic carbocycles. The van der Waals surface area contributed by atoms with Gasteiger partial charge in [-0.1, -0.05) is 39.1 Å². The number of halogens is 8. The Labute approximate surface area is 169 Å². The van der Waals surface area contributed by atoms with Gasteiger partial charge in [-0.15, -0.1) is 0 Å². The Kier molecular flexibility index (Phi) is 6.82. The van der Waals surface area contributed by atoms with Crippen LogP contribution in [0.3, 0.4) is 0 Å². The second-order valence-corrected chi connectivity index (χ2v) is 7.39. The Balaban J connectivity index is 2.33. The first-order chi connectivity index (χ1) is 12.0. The highest BCUT2D eigenvalue weighted by molar-refractivity contribution is 9.10. The summed E-state index contributed by atoms with van der Waals surface area (Å²) in [4.78, 5) is 10.4. The van der Waals surface area contributed by atoms with Gasteiger partial charge in [0.2, 0.25) is 5.24 Å². The summed E-state index contributed by atoms with van der Waals surface area (Å²) in [7, 11) is 0. The van der Waals surface area contributed by atoms with Gasteiger partial charge in [-0.25, -0.2) is 4.39 Å². The first-order valence-corrected chi connectivity index (χ1v) is 8.90. The second kappa shape index (κ2) is 8.33. The highest BCUT2D eigenvalue weighted by Crippen LogP contribution is 2.39. The van der Waals surface area contributed by atoms with Gasteiger partial charge in [0.25, 0.3) is 0 Å². The molecule has 1 atom stereocenters. The van der Waals surface area contributed by atoms with E-state index in [2.05, 4.69) is 15.9 Å². The Morgan fingerprint density at radius 1 is 1.15 bits per heavy atom. The van der Waals surface area contributed by atoms with E-state index in [4.69, 9.17) is 39.5 Å². The standard InChI is InChI=1S/C16H8BrCl3F4O2/c17-10(15(20)25)4-7-3-9(1-2-11(7)18)26-14-12(19)5-8(6-13(14)21)16(22,23)24/h1-3,5-6,10H,4H2. The minimum atomic E-state index is -4.74. The lowest BCUT2D eigenvalue weighted by Crippen LogP contribution is -2.11. The zero-order valence-electron chi connectivity index (χ0n) is 12.5. The normalized spacial score (nSPS) is 12.8. The van der Waals surface area contributed by atoms with Crippen LogP contribution in [0.25, 0.3) is 0 Å². The third kappa shape index (κ3) is 5.25. The zero-order chi connectivity index (χ0) is 19.6. The number of rotatable bonds is 5. The van der Waals surface area contributed by atoms with Crippen molar-refractivity contribution in [3.63, 3.8) is 0 Å². The first-order valence-electron chi connectivity index (χ1n) is 6.85. The molecule has 0 heterocycles. The van der Waals surface area contributed by atoms with Gasteiger partial charge in [0, 0.05) is 5.02 Å². The molecule has 2 aromatic carbocycles. The van der Waals surface area contributed by atoms with Crippen molar-refractivity contribution in [2.45, 2.75) is 17.4 Å². The molecular formula is C16H8BrCl3F4O2. The van der Waals surface area contributed by atoms with E-state index < -0.39 is 38.4 Å². The van der Waals surface area contributed by atoms with Crippen molar-refractivity contribution in [3.05, 3.63) is 57.3 Å². The van der Waals surface area contributed by atoms with Crippen molar-refractivity contribution >= 4 is 56.0 Å². The van der Waals surface area contributed by atoms with Gasteiger partial charge in [-0.05, 0) is 53.9 Å². The molecule has 0 saturated heterocycles. The molecule has 0 N–H and O–H groups in total. The minimum Gasteiger partial charge on any atom is -0.453 e. The summed E-state index contributed by atoms with van der Waals surface area (Å²) in [5, 5.41) is -0.869. The Morgan fingerprint density at radius 3 is 2.35 bits per heavy atom. The maximum atomic E-state index is 14.0. The summed E-state index contributed by atoms with van der Waals surface area (Å²) < 4.78 is 57.3. The molecule has 0 aromatic heterocycles. The van der Waals surface area contributed by atoms with Crippen LogP contribution in [0.5, 0.6) is 11.5 Å². The summed E-state index contributed by atoms with van der Waals surface area (Å²) in [5.41, 5.74) is -0.768. The number of hydrogen-bond acceptors (Lipinski definition) is 2. The number of alkyl halides is 4. The van der Waals surface area contributed by atoms with Gasteiger partial charge < -0.3 is 4.74 Å². The summed E-state index contributed by atoms with van der Waals surface area (Å²) in [6, 6.07) is 5.08. The molecule has 0 spiro atoms. The van der Waals surface area contributed by atoms with Gasteiger partial charge in [0.15, 0.2) is 11.6 Å². The zero-order valence-corrected chi connectivity index (χ0v) is 16.4. The van der Waals surface area contributed by atoms with Crippen LogP contribution in [-0.4, -0.2) is 10.1 Å². The lowest BCUT2D eigenvalue weighted by Gasteiger charge is -2.14. The Hall–Kier alpha value is -1.02. The number of hydrogen-bond donors (Lipinski definition) is 0. The molecule has 0 fully saturated rings. The van der Waals surface area contributed by atoms with Crippen LogP contribution in [0.1, 0.15) is 11.1 Å². The molecule has 0 bridgehead atoms. The highest BCUT2D eigenvalue weighted by Gasteiger charge is 2.32. The fourth-order valence-corrected chi connectivity index (χ4v) is 2.85. The van der Waals surface area contributed by atoms with Crippen LogP contribution in [0.2, 0.25) is 10.0 Å². The molecule has 2 aromatic rings. The van der Waals surface area contributed by atoms with Crippen LogP contribution < -0.4 is 4.74 Å². The predicted octanol–water partition coefficient (Wildman–Crippen LogP) is 7.02. The van der Waals surface area contributed by atoms with Crippen LogP contribution in [0, 0.1) is 5.82 Å². The fraction of sp³-hybridized carbons (Fsp3) is 0.188. The van der Waals surface area contributed by atoms with E-state index in [0.29, 0.717) is 22.7 Å². The maximum Gasteiger partial charge on any atom is 0.416 e. The van der Waals surface area contributed by atoms with Crippen molar-refractivity contribution in [2.75, 3.05) is 0 Å². The predicted molar refractivity (Wildman–Crippen MR) is 95.2 cm³/mol. The molecule has 2 nitrogen and oxygen atoms in total. The minimum absolute atomic E-state index is 0.0756. The van der Waals surface area contributed by atoms with Gasteiger partial charge in [0.05, 0.1) is 15.4 Å². The van der Waals surface area contributed by atoms with Gasteiger partial charge in [-0.2, -0.15) is 13.2 Å². The third-order valence-corrected chi connectivity index (χ3v) is 5.12. The number of ether oxygens (including phenoxy) is 1. The maximum absolute atomic E-state index is 14.0. The van der Waals surface area contributed by atoms with Crippen molar-refractivity contribution in [1.82, 2.24) is 0 Å². The molecule has 0 aliphatic rings. The molecule has 2 rings (SSSR count). The quantitative estimate of drug-likeness (QED) is 0.254. The van der Waals surface area contributed by atoms with Crippen LogP contribution in [0.15, 0.2) is 30.3 Å². The molecule has 1 unspecified atom stereocenters. The molecule has 10 heteroatoms. The fourth-order valence-electron chi connectivity index (χ4n) is 1.98.